The molecule has 0 saturated carbocycles. The average Bonchev–Trinajstić information content (AvgIpc) is 3.77. The van der Waals surface area contributed by atoms with E-state index < -0.39 is 0 Å². The van der Waals surface area contributed by atoms with Gasteiger partial charge in [-0.15, -0.1) is 0 Å². The van der Waals surface area contributed by atoms with E-state index in [9.17, 15) is 5.11 Å². The largest absolute Gasteiger partial charge is 0.507 e. The lowest BCUT2D eigenvalue weighted by Crippen LogP contribution is -2.58. The standard InChI is InChI=1S/C47H34BN5O/c1-32-16-11-13-26-41(32)51(31-49-34-19-7-3-8-20-34)36-28-29-37-38-24-15-25-40-44(38)53(42(37)30-36)47-45(48(40)33-17-5-2-6-18-33)52(35-21-9-4-10-22-35)46(50-47)39-23-12-14-27-43(39)54/h2-31,54H,1H3. The molecule has 2 aromatic heterocycles. The summed E-state index contributed by atoms with van der Waals surface area (Å²) >= 11 is 0. The van der Waals surface area contributed by atoms with Crippen LogP contribution in [0.5, 0.6) is 5.75 Å². The number of para-hydroxylation sites is 5. The summed E-state index contributed by atoms with van der Waals surface area (Å²) in [6.07, 6.45) is 1.92. The number of aromatic nitrogens is 3. The Labute approximate surface area is 313 Å². The molecule has 256 valence electrons. The Hall–Kier alpha value is -7.12. The Morgan fingerprint density at radius 3 is 2.15 bits per heavy atom. The van der Waals surface area contributed by atoms with Crippen molar-refractivity contribution >= 4 is 68.4 Å². The zero-order valence-electron chi connectivity index (χ0n) is 29.6. The first kappa shape index (κ1) is 31.6. The molecule has 0 saturated heterocycles. The lowest BCUT2D eigenvalue weighted by atomic mass is 9.37. The van der Waals surface area contributed by atoms with Crippen molar-refractivity contribution in [2.75, 3.05) is 4.90 Å². The first-order valence-electron chi connectivity index (χ1n) is 18.2. The van der Waals surface area contributed by atoms with Gasteiger partial charge in [-0.05, 0) is 72.5 Å². The minimum Gasteiger partial charge on any atom is -0.507 e. The summed E-state index contributed by atoms with van der Waals surface area (Å²) in [6, 6.07) is 60.3. The van der Waals surface area contributed by atoms with E-state index in [0.717, 1.165) is 56.1 Å². The van der Waals surface area contributed by atoms with Crippen molar-refractivity contribution in [1.82, 2.24) is 14.1 Å². The van der Waals surface area contributed by atoms with E-state index in [1.807, 2.05) is 60.9 Å². The summed E-state index contributed by atoms with van der Waals surface area (Å²) in [4.78, 5) is 12.6. The number of aryl methyl sites for hydroxylation is 1. The molecule has 7 heteroatoms. The van der Waals surface area contributed by atoms with Crippen molar-refractivity contribution < 1.29 is 5.11 Å². The number of hydrogen-bond donors (Lipinski definition) is 1. The Kier molecular flexibility index (Phi) is 7.51. The number of benzene rings is 7. The average molecular weight is 696 g/mol. The third-order valence-electron chi connectivity index (χ3n) is 10.5. The van der Waals surface area contributed by atoms with E-state index in [2.05, 4.69) is 136 Å². The highest BCUT2D eigenvalue weighted by molar-refractivity contribution is 6.97. The van der Waals surface area contributed by atoms with E-state index in [-0.39, 0.29) is 12.5 Å². The third-order valence-corrected chi connectivity index (χ3v) is 10.5. The highest BCUT2D eigenvalue weighted by Gasteiger charge is 2.39. The molecule has 1 N–H and O–H groups in total. The van der Waals surface area contributed by atoms with Crippen molar-refractivity contribution in [3.8, 4) is 28.6 Å². The van der Waals surface area contributed by atoms with Crippen LogP contribution in [0.3, 0.4) is 0 Å². The topological polar surface area (TPSA) is 58.6 Å². The summed E-state index contributed by atoms with van der Waals surface area (Å²) in [5.74, 6) is 1.70. The molecule has 0 bridgehead atoms. The minimum absolute atomic E-state index is 0.130. The zero-order chi connectivity index (χ0) is 36.2. The van der Waals surface area contributed by atoms with Crippen LogP contribution in [0.25, 0.3) is 44.7 Å². The first-order valence-corrected chi connectivity index (χ1v) is 18.2. The van der Waals surface area contributed by atoms with Crippen molar-refractivity contribution in [3.63, 3.8) is 0 Å². The number of hydrogen-bond acceptors (Lipinski definition) is 3. The van der Waals surface area contributed by atoms with Crippen LogP contribution in [0, 0.1) is 6.92 Å². The molecule has 0 unspecified atom stereocenters. The highest BCUT2D eigenvalue weighted by Crippen LogP contribution is 2.39. The van der Waals surface area contributed by atoms with Gasteiger partial charge in [-0.25, -0.2) is 9.98 Å². The molecular formula is C47H34BN5O. The molecule has 0 amide bonds. The molecule has 0 fully saturated rings. The molecule has 1 aliphatic rings. The van der Waals surface area contributed by atoms with Crippen molar-refractivity contribution in [2.24, 2.45) is 4.99 Å². The van der Waals surface area contributed by atoms with Crippen LogP contribution in [-0.4, -0.2) is 32.3 Å². The predicted octanol–water partition coefficient (Wildman–Crippen LogP) is 8.98. The fourth-order valence-corrected chi connectivity index (χ4v) is 8.08. The van der Waals surface area contributed by atoms with Crippen LogP contribution in [0.1, 0.15) is 5.56 Å². The number of nitrogens with zero attached hydrogens (tertiary/aromatic N) is 5. The summed E-state index contributed by atoms with van der Waals surface area (Å²) in [7, 11) is 0. The van der Waals surface area contributed by atoms with Gasteiger partial charge in [-0.2, -0.15) is 0 Å². The lowest BCUT2D eigenvalue weighted by Gasteiger charge is -2.26. The van der Waals surface area contributed by atoms with Gasteiger partial charge in [0.2, 0.25) is 0 Å². The van der Waals surface area contributed by atoms with E-state index in [0.29, 0.717) is 11.4 Å². The molecule has 10 rings (SSSR count). The van der Waals surface area contributed by atoms with Crippen LogP contribution in [0.4, 0.5) is 17.1 Å². The quantitative estimate of drug-likeness (QED) is 0.103. The Morgan fingerprint density at radius 2 is 1.37 bits per heavy atom. The second kappa shape index (κ2) is 12.8. The van der Waals surface area contributed by atoms with Crippen molar-refractivity contribution in [3.05, 3.63) is 181 Å². The van der Waals surface area contributed by atoms with Gasteiger partial charge < -0.3 is 14.6 Å². The van der Waals surface area contributed by atoms with Crippen LogP contribution < -0.4 is 21.4 Å². The maximum Gasteiger partial charge on any atom is 0.270 e. The minimum atomic E-state index is -0.130. The van der Waals surface area contributed by atoms with E-state index in [1.165, 1.54) is 16.3 Å². The number of fused-ring (bicyclic) bond motifs is 5. The van der Waals surface area contributed by atoms with Crippen LogP contribution >= 0.6 is 0 Å². The van der Waals surface area contributed by atoms with E-state index in [4.69, 9.17) is 9.98 Å². The van der Waals surface area contributed by atoms with Crippen LogP contribution in [0.15, 0.2) is 181 Å². The number of aromatic hydroxyl groups is 1. The molecule has 0 aliphatic carbocycles. The normalized spacial score (nSPS) is 12.1. The van der Waals surface area contributed by atoms with Crippen molar-refractivity contribution in [2.45, 2.75) is 6.92 Å². The van der Waals surface area contributed by atoms with Gasteiger partial charge in [0.25, 0.3) is 6.71 Å². The van der Waals surface area contributed by atoms with Crippen molar-refractivity contribution in [1.29, 1.82) is 0 Å². The van der Waals surface area contributed by atoms with Crippen LogP contribution in [-0.2, 0) is 0 Å². The molecule has 6 nitrogen and oxygen atoms in total. The summed E-state index contributed by atoms with van der Waals surface area (Å²) in [5, 5.41) is 13.6. The zero-order valence-corrected chi connectivity index (χ0v) is 29.6. The number of phenolic OH excluding ortho intramolecular Hbond substituents is 1. The van der Waals surface area contributed by atoms with Gasteiger partial charge in [0.1, 0.15) is 17.9 Å². The number of rotatable bonds is 7. The van der Waals surface area contributed by atoms with Gasteiger partial charge in [0, 0.05) is 33.4 Å². The number of phenols is 1. The Bertz CT molecular complexity index is 2860. The molecule has 0 radical (unpaired) electrons. The molecule has 7 aromatic carbocycles. The van der Waals surface area contributed by atoms with Crippen LogP contribution in [0.2, 0.25) is 0 Å². The van der Waals surface area contributed by atoms with E-state index in [1.54, 1.807) is 6.07 Å². The summed E-state index contributed by atoms with van der Waals surface area (Å²) in [6.45, 7) is 2.00. The molecule has 1 aliphatic heterocycles. The second-order valence-electron chi connectivity index (χ2n) is 13.7. The monoisotopic (exact) mass is 695 g/mol. The highest BCUT2D eigenvalue weighted by atomic mass is 16.3. The van der Waals surface area contributed by atoms with Gasteiger partial charge in [-0.3, -0.25) is 4.57 Å². The second-order valence-corrected chi connectivity index (χ2v) is 13.7. The summed E-state index contributed by atoms with van der Waals surface area (Å²) < 4.78 is 4.58. The Balaban J connectivity index is 1.30. The molecule has 0 spiro atoms. The fourth-order valence-electron chi connectivity index (χ4n) is 8.08. The van der Waals surface area contributed by atoms with Gasteiger partial charge in [0.05, 0.1) is 22.3 Å². The number of aliphatic imine (C=N–C) groups is 1. The van der Waals surface area contributed by atoms with Gasteiger partial charge in [0.15, 0.2) is 5.82 Å². The lowest BCUT2D eigenvalue weighted by molar-refractivity contribution is 0.477. The molecule has 54 heavy (non-hydrogen) atoms. The third kappa shape index (κ3) is 5.05. The van der Waals surface area contributed by atoms with E-state index >= 15 is 0 Å². The van der Waals surface area contributed by atoms with Gasteiger partial charge in [-0.1, -0.05) is 127 Å². The molecular weight excluding hydrogens is 661 g/mol. The van der Waals surface area contributed by atoms with Gasteiger partial charge >= 0.3 is 0 Å². The first-order chi connectivity index (χ1) is 26.7. The maximum atomic E-state index is 11.3. The smallest absolute Gasteiger partial charge is 0.270 e. The maximum absolute atomic E-state index is 11.3. The number of imidazole rings is 1. The molecule has 3 heterocycles. The molecule has 9 aromatic rings. The Morgan fingerprint density at radius 1 is 0.667 bits per heavy atom. The SMILES string of the molecule is Cc1ccccc1N(C=Nc1ccccc1)c1ccc2c3cccc4c3n(c2c1)-c1nc(-c2ccccc2O)n(-c2ccccc2)c1B4c1ccccc1. The summed E-state index contributed by atoms with van der Waals surface area (Å²) in [5.41, 5.74) is 11.3. The fraction of sp³-hybridized carbons (Fsp3) is 0.0213. The number of anilines is 2. The molecule has 0 atom stereocenters. The predicted molar refractivity (Wildman–Crippen MR) is 224 cm³/mol.